The molecule has 0 radical (unpaired) electrons. The molecule has 0 N–H and O–H groups in total. The molecule has 1 spiro atoms. The van der Waals surface area contributed by atoms with E-state index in [0.717, 1.165) is 66.3 Å². The lowest BCUT2D eigenvalue weighted by atomic mass is 9.74. The molecule has 40 heavy (non-hydrogen) atoms. The third kappa shape index (κ3) is 4.79. The fourth-order valence-electron chi connectivity index (χ4n) is 6.88. The molecule has 2 amide bonds. The topological polar surface area (TPSA) is 43.9 Å². The minimum absolute atomic E-state index is 0.0206. The van der Waals surface area contributed by atoms with E-state index in [1.54, 1.807) is 36.1 Å². The molecular weight excluding hydrogens is 532 g/mol. The molecule has 3 aliphatic rings. The Bertz CT molecular complexity index is 1450. The number of anilines is 1. The van der Waals surface area contributed by atoms with Crippen molar-refractivity contribution in [2.24, 2.45) is 0 Å². The van der Waals surface area contributed by atoms with Gasteiger partial charge in [0.1, 0.15) is 11.6 Å². The summed E-state index contributed by atoms with van der Waals surface area (Å²) < 4.78 is 27.8. The molecule has 208 valence electrons. The maximum Gasteiger partial charge on any atom is 0.254 e. The first-order chi connectivity index (χ1) is 19.3. The van der Waals surface area contributed by atoms with E-state index in [1.807, 2.05) is 17.0 Å². The van der Waals surface area contributed by atoms with Gasteiger partial charge in [0.05, 0.1) is 6.04 Å². The molecule has 1 atom stereocenters. The average Bonchev–Trinajstić information content (AvgIpc) is 3.26. The molecule has 3 aromatic carbocycles. The zero-order valence-electron chi connectivity index (χ0n) is 22.5. The number of hydrogen-bond donors (Lipinski definition) is 0. The summed E-state index contributed by atoms with van der Waals surface area (Å²) in [5.74, 6) is -0.771. The van der Waals surface area contributed by atoms with Crippen LogP contribution >= 0.6 is 11.6 Å². The van der Waals surface area contributed by atoms with Crippen LogP contribution in [0.4, 0.5) is 14.5 Å². The van der Waals surface area contributed by atoms with Gasteiger partial charge in [0.15, 0.2) is 0 Å². The Labute approximate surface area is 238 Å². The van der Waals surface area contributed by atoms with E-state index < -0.39 is 0 Å². The van der Waals surface area contributed by atoms with Crippen LogP contribution in [-0.2, 0) is 16.6 Å². The van der Waals surface area contributed by atoms with Crippen LogP contribution < -0.4 is 4.90 Å². The monoisotopic (exact) mass is 563 g/mol. The standard InChI is InChI=1S/C32H32ClF2N3O2/c1-21(39)38-20-32(27-19-24(35)9-10-30(27)38)13-17-36(18-14-32)15-12-29-26-3-2-4-28(33)25(26)11-16-37(29)31(40)22-5-7-23(34)8-6-22/h2-10,19,29H,11-18,20H2,1H3. The van der Waals surface area contributed by atoms with E-state index >= 15 is 0 Å². The highest BCUT2D eigenvalue weighted by Crippen LogP contribution is 2.47. The number of nitrogens with zero attached hydrogens (tertiary/aromatic N) is 3. The van der Waals surface area contributed by atoms with Gasteiger partial charge in [-0.15, -0.1) is 0 Å². The van der Waals surface area contributed by atoms with Gasteiger partial charge >= 0.3 is 0 Å². The number of carbonyl (C=O) groups excluding carboxylic acids is 2. The third-order valence-corrected chi connectivity index (χ3v) is 9.39. The molecule has 6 rings (SSSR count). The fraction of sp³-hybridized carbons (Fsp3) is 0.375. The summed E-state index contributed by atoms with van der Waals surface area (Å²) in [6, 6.07) is 16.2. The lowest BCUT2D eigenvalue weighted by Crippen LogP contribution is -2.47. The second-order valence-electron chi connectivity index (χ2n) is 11.3. The average molecular weight is 564 g/mol. The Morgan fingerprint density at radius 3 is 2.42 bits per heavy atom. The number of likely N-dealkylation sites (tertiary alicyclic amines) is 1. The van der Waals surface area contributed by atoms with Crippen molar-refractivity contribution in [3.05, 3.63) is 99.6 Å². The first-order valence-corrected chi connectivity index (χ1v) is 14.3. The largest absolute Gasteiger partial charge is 0.331 e. The smallest absolute Gasteiger partial charge is 0.254 e. The number of halogens is 3. The van der Waals surface area contributed by atoms with Gasteiger partial charge in [-0.2, -0.15) is 0 Å². The molecule has 5 nitrogen and oxygen atoms in total. The molecule has 1 unspecified atom stereocenters. The SMILES string of the molecule is CC(=O)N1CC2(CCN(CCC3c4cccc(Cl)c4CCN3C(=O)c3ccc(F)cc3)CC2)c2cc(F)ccc21. The highest BCUT2D eigenvalue weighted by Gasteiger charge is 2.46. The number of rotatable bonds is 4. The summed E-state index contributed by atoms with van der Waals surface area (Å²) in [4.78, 5) is 32.0. The quantitative estimate of drug-likeness (QED) is 0.382. The first-order valence-electron chi connectivity index (χ1n) is 13.9. The van der Waals surface area contributed by atoms with Crippen LogP contribution in [0.25, 0.3) is 0 Å². The van der Waals surface area contributed by atoms with Gasteiger partial charge in [0.2, 0.25) is 5.91 Å². The Morgan fingerprint density at radius 2 is 1.70 bits per heavy atom. The second-order valence-corrected chi connectivity index (χ2v) is 11.7. The highest BCUT2D eigenvalue weighted by molar-refractivity contribution is 6.31. The van der Waals surface area contributed by atoms with Gasteiger partial charge in [0, 0.05) is 48.2 Å². The molecule has 8 heteroatoms. The number of piperidine rings is 1. The Morgan fingerprint density at radius 1 is 0.975 bits per heavy atom. The van der Waals surface area contributed by atoms with Crippen molar-refractivity contribution in [2.75, 3.05) is 37.6 Å². The number of amides is 2. The zero-order chi connectivity index (χ0) is 28.0. The molecule has 0 aliphatic carbocycles. The van der Waals surface area contributed by atoms with Crippen molar-refractivity contribution in [1.29, 1.82) is 0 Å². The van der Waals surface area contributed by atoms with E-state index in [9.17, 15) is 18.4 Å². The van der Waals surface area contributed by atoms with Crippen molar-refractivity contribution in [3.8, 4) is 0 Å². The number of carbonyl (C=O) groups is 2. The minimum Gasteiger partial charge on any atom is -0.331 e. The molecule has 1 fully saturated rings. The molecular formula is C32H32ClF2N3O2. The molecule has 0 bridgehead atoms. The van der Waals surface area contributed by atoms with Crippen molar-refractivity contribution in [3.63, 3.8) is 0 Å². The van der Waals surface area contributed by atoms with Crippen LogP contribution in [0.5, 0.6) is 0 Å². The van der Waals surface area contributed by atoms with Gasteiger partial charge in [-0.1, -0.05) is 23.7 Å². The molecule has 1 saturated heterocycles. The Kier molecular flexibility index (Phi) is 7.13. The summed E-state index contributed by atoms with van der Waals surface area (Å²) in [5.41, 5.74) is 4.15. The number of hydrogen-bond acceptors (Lipinski definition) is 3. The van der Waals surface area contributed by atoms with Crippen molar-refractivity contribution in [1.82, 2.24) is 9.80 Å². The van der Waals surface area contributed by atoms with Gasteiger partial charge < -0.3 is 14.7 Å². The summed E-state index contributed by atoms with van der Waals surface area (Å²) in [7, 11) is 0. The lowest BCUT2D eigenvalue weighted by Gasteiger charge is -2.42. The van der Waals surface area contributed by atoms with Crippen molar-refractivity contribution in [2.45, 2.75) is 44.1 Å². The van der Waals surface area contributed by atoms with Crippen LogP contribution in [0.2, 0.25) is 5.02 Å². The van der Waals surface area contributed by atoms with Gasteiger partial charge in [-0.25, -0.2) is 8.78 Å². The summed E-state index contributed by atoms with van der Waals surface area (Å²) >= 11 is 6.56. The van der Waals surface area contributed by atoms with E-state index in [1.165, 1.54) is 18.2 Å². The van der Waals surface area contributed by atoms with E-state index in [4.69, 9.17) is 11.6 Å². The van der Waals surface area contributed by atoms with Crippen molar-refractivity contribution < 1.29 is 18.4 Å². The second kappa shape index (κ2) is 10.6. The molecule has 3 aliphatic heterocycles. The predicted molar refractivity (Wildman–Crippen MR) is 152 cm³/mol. The third-order valence-electron chi connectivity index (χ3n) is 9.04. The Hall–Kier alpha value is -3.29. The minimum atomic E-state index is -0.370. The predicted octanol–water partition coefficient (Wildman–Crippen LogP) is 6.15. The summed E-state index contributed by atoms with van der Waals surface area (Å²) in [5, 5.41) is 0.721. The summed E-state index contributed by atoms with van der Waals surface area (Å²) in [6.45, 7) is 5.12. The maximum absolute atomic E-state index is 14.3. The van der Waals surface area contributed by atoms with Crippen LogP contribution in [0.3, 0.4) is 0 Å². The maximum atomic E-state index is 14.3. The Balaban J connectivity index is 1.19. The van der Waals surface area contributed by atoms with Crippen LogP contribution in [-0.4, -0.2) is 54.3 Å². The van der Waals surface area contributed by atoms with Crippen LogP contribution in [0.15, 0.2) is 60.7 Å². The van der Waals surface area contributed by atoms with E-state index in [2.05, 4.69) is 11.0 Å². The highest BCUT2D eigenvalue weighted by atomic mass is 35.5. The van der Waals surface area contributed by atoms with Crippen molar-refractivity contribution >= 4 is 29.1 Å². The number of benzene rings is 3. The van der Waals surface area contributed by atoms with Gasteiger partial charge in [-0.05, 0) is 104 Å². The fourth-order valence-corrected chi connectivity index (χ4v) is 7.16. The van der Waals surface area contributed by atoms with Crippen LogP contribution in [0, 0.1) is 11.6 Å². The van der Waals surface area contributed by atoms with E-state index in [-0.39, 0.29) is 34.9 Å². The molecule has 3 aromatic rings. The number of fused-ring (bicyclic) bond motifs is 3. The van der Waals surface area contributed by atoms with E-state index in [0.29, 0.717) is 25.1 Å². The van der Waals surface area contributed by atoms with Crippen LogP contribution in [0.1, 0.15) is 59.3 Å². The van der Waals surface area contributed by atoms with Gasteiger partial charge in [0.25, 0.3) is 5.91 Å². The normalized spacial score (nSPS) is 19.9. The molecule has 0 saturated carbocycles. The molecule has 3 heterocycles. The van der Waals surface area contributed by atoms with Gasteiger partial charge in [-0.3, -0.25) is 9.59 Å². The first kappa shape index (κ1) is 26.9. The zero-order valence-corrected chi connectivity index (χ0v) is 23.3. The lowest BCUT2D eigenvalue weighted by molar-refractivity contribution is -0.116. The summed E-state index contributed by atoms with van der Waals surface area (Å²) in [6.07, 6.45) is 3.07. The molecule has 0 aromatic heterocycles.